The minimum atomic E-state index is -0.476. The molecule has 0 spiro atoms. The molecule has 1 aromatic rings. The smallest absolute Gasteiger partial charge is 0.335 e. The van der Waals surface area contributed by atoms with Crippen molar-refractivity contribution in [3.05, 3.63) is 35.9 Å². The Bertz CT molecular complexity index is 341. The molecule has 0 fully saturated rings. The Morgan fingerprint density at radius 3 is 2.53 bits per heavy atom. The zero-order chi connectivity index (χ0) is 12.7. The van der Waals surface area contributed by atoms with E-state index < -0.39 is 6.03 Å². The third-order valence-electron chi connectivity index (χ3n) is 2.24. The van der Waals surface area contributed by atoms with Gasteiger partial charge in [0, 0.05) is 13.1 Å². The van der Waals surface area contributed by atoms with Gasteiger partial charge >= 0.3 is 6.03 Å². The van der Waals surface area contributed by atoms with E-state index >= 15 is 0 Å². The van der Waals surface area contributed by atoms with Crippen LogP contribution in [0.2, 0.25) is 0 Å². The number of nitrogens with one attached hydrogen (secondary N) is 1. The van der Waals surface area contributed by atoms with E-state index in [-0.39, 0.29) is 6.54 Å². The molecule has 0 aliphatic rings. The summed E-state index contributed by atoms with van der Waals surface area (Å²) >= 11 is 0. The molecule has 2 amide bonds. The number of urea groups is 1. The molecule has 94 valence electrons. The highest BCUT2D eigenvalue weighted by Crippen LogP contribution is 2.02. The third kappa shape index (κ3) is 5.33. The molecule has 0 aliphatic heterocycles. The highest BCUT2D eigenvalue weighted by Gasteiger charge is 2.09. The standard InChI is InChI=1S/C12H19N3O2/c1-14(2)9-8-13-12(16)15(17)10-11-6-4-3-5-7-11/h3-7,17H,8-10H2,1-2H3,(H,13,16). The molecule has 0 bridgehead atoms. The van der Waals surface area contributed by atoms with Gasteiger partial charge in [0.05, 0.1) is 6.54 Å². The minimum absolute atomic E-state index is 0.189. The highest BCUT2D eigenvalue weighted by atomic mass is 16.5. The number of nitrogens with zero attached hydrogens (tertiary/aromatic N) is 2. The van der Waals surface area contributed by atoms with Crippen LogP contribution in [0.25, 0.3) is 0 Å². The predicted octanol–water partition coefficient (Wildman–Crippen LogP) is 1.15. The number of carbonyl (C=O) groups excluding carboxylic acids is 1. The quantitative estimate of drug-likeness (QED) is 0.596. The zero-order valence-corrected chi connectivity index (χ0v) is 10.3. The van der Waals surface area contributed by atoms with Crippen molar-refractivity contribution in [2.45, 2.75) is 6.54 Å². The van der Waals surface area contributed by atoms with Crippen LogP contribution < -0.4 is 5.32 Å². The van der Waals surface area contributed by atoms with E-state index in [0.29, 0.717) is 11.6 Å². The maximum atomic E-state index is 11.5. The van der Waals surface area contributed by atoms with Gasteiger partial charge in [-0.05, 0) is 19.7 Å². The predicted molar refractivity (Wildman–Crippen MR) is 65.7 cm³/mol. The Morgan fingerprint density at radius 2 is 1.94 bits per heavy atom. The van der Waals surface area contributed by atoms with Crippen LogP contribution in [0.1, 0.15) is 5.56 Å². The van der Waals surface area contributed by atoms with Gasteiger partial charge in [0.25, 0.3) is 0 Å². The van der Waals surface area contributed by atoms with Gasteiger partial charge in [0.2, 0.25) is 0 Å². The van der Waals surface area contributed by atoms with Crippen LogP contribution in [-0.2, 0) is 6.54 Å². The molecule has 0 saturated carbocycles. The van der Waals surface area contributed by atoms with Gasteiger partial charge in [-0.3, -0.25) is 5.21 Å². The van der Waals surface area contributed by atoms with Crippen molar-refractivity contribution in [3.63, 3.8) is 0 Å². The second kappa shape index (κ2) is 6.88. The normalized spacial score (nSPS) is 10.4. The summed E-state index contributed by atoms with van der Waals surface area (Å²) in [5.74, 6) is 0. The molecule has 5 nitrogen and oxygen atoms in total. The van der Waals surface area contributed by atoms with Crippen LogP contribution in [-0.4, -0.2) is 48.4 Å². The Morgan fingerprint density at radius 1 is 1.29 bits per heavy atom. The number of benzene rings is 1. The number of hydrogen-bond donors (Lipinski definition) is 2. The molecule has 0 saturated heterocycles. The van der Waals surface area contributed by atoms with E-state index in [1.165, 1.54) is 0 Å². The van der Waals surface area contributed by atoms with Crippen molar-refractivity contribution in [1.29, 1.82) is 0 Å². The first-order valence-corrected chi connectivity index (χ1v) is 5.52. The number of amides is 2. The summed E-state index contributed by atoms with van der Waals surface area (Å²) in [6, 6.07) is 8.87. The molecular formula is C12H19N3O2. The summed E-state index contributed by atoms with van der Waals surface area (Å²) in [4.78, 5) is 13.4. The summed E-state index contributed by atoms with van der Waals surface area (Å²) in [6.07, 6.45) is 0. The van der Waals surface area contributed by atoms with Gasteiger partial charge in [0.15, 0.2) is 0 Å². The Balaban J connectivity index is 2.32. The lowest BCUT2D eigenvalue weighted by Gasteiger charge is -2.17. The molecule has 0 radical (unpaired) electrons. The van der Waals surface area contributed by atoms with Crippen molar-refractivity contribution < 1.29 is 10.0 Å². The molecule has 5 heteroatoms. The van der Waals surface area contributed by atoms with Crippen molar-refractivity contribution in [2.75, 3.05) is 27.2 Å². The topological polar surface area (TPSA) is 55.8 Å². The average Bonchev–Trinajstić information content (AvgIpc) is 2.29. The number of carbonyl (C=O) groups is 1. The number of hydroxylamine groups is 2. The number of rotatable bonds is 5. The van der Waals surface area contributed by atoms with Gasteiger partial charge in [0.1, 0.15) is 0 Å². The zero-order valence-electron chi connectivity index (χ0n) is 10.3. The second-order valence-electron chi connectivity index (χ2n) is 4.08. The van der Waals surface area contributed by atoms with Crippen LogP contribution in [0.4, 0.5) is 4.79 Å². The van der Waals surface area contributed by atoms with E-state index in [1.54, 1.807) is 0 Å². The van der Waals surface area contributed by atoms with Crippen LogP contribution in [0.3, 0.4) is 0 Å². The minimum Gasteiger partial charge on any atom is -0.335 e. The van der Waals surface area contributed by atoms with E-state index in [2.05, 4.69) is 5.32 Å². The van der Waals surface area contributed by atoms with Crippen LogP contribution in [0.15, 0.2) is 30.3 Å². The van der Waals surface area contributed by atoms with Crippen LogP contribution in [0, 0.1) is 0 Å². The molecule has 17 heavy (non-hydrogen) atoms. The second-order valence-corrected chi connectivity index (χ2v) is 4.08. The van der Waals surface area contributed by atoms with Gasteiger partial charge in [-0.25, -0.2) is 9.86 Å². The third-order valence-corrected chi connectivity index (χ3v) is 2.24. The van der Waals surface area contributed by atoms with Crippen molar-refractivity contribution in [3.8, 4) is 0 Å². The fraction of sp³-hybridized carbons (Fsp3) is 0.417. The Labute approximate surface area is 102 Å². The first-order valence-electron chi connectivity index (χ1n) is 5.52. The fourth-order valence-corrected chi connectivity index (χ4v) is 1.31. The van der Waals surface area contributed by atoms with Crippen molar-refractivity contribution >= 4 is 6.03 Å². The number of likely N-dealkylation sites (N-methyl/N-ethyl adjacent to an activating group) is 1. The summed E-state index contributed by atoms with van der Waals surface area (Å²) in [5, 5.41) is 12.9. The van der Waals surface area contributed by atoms with Crippen LogP contribution in [0.5, 0.6) is 0 Å². The monoisotopic (exact) mass is 237 g/mol. The van der Waals surface area contributed by atoms with Gasteiger partial charge in [-0.15, -0.1) is 0 Å². The molecule has 0 aromatic heterocycles. The molecule has 0 unspecified atom stereocenters. The Hall–Kier alpha value is -1.59. The molecule has 0 atom stereocenters. The lowest BCUT2D eigenvalue weighted by Crippen LogP contribution is -2.40. The molecule has 0 aliphatic carbocycles. The van der Waals surface area contributed by atoms with E-state index in [1.807, 2.05) is 49.3 Å². The summed E-state index contributed by atoms with van der Waals surface area (Å²) < 4.78 is 0. The van der Waals surface area contributed by atoms with Gasteiger partial charge < -0.3 is 10.2 Å². The molecule has 1 aromatic carbocycles. The lowest BCUT2D eigenvalue weighted by molar-refractivity contribution is -0.0508. The summed E-state index contributed by atoms with van der Waals surface area (Å²) in [7, 11) is 3.85. The molecular weight excluding hydrogens is 218 g/mol. The van der Waals surface area contributed by atoms with E-state index in [9.17, 15) is 10.0 Å². The maximum Gasteiger partial charge on any atom is 0.341 e. The first-order chi connectivity index (χ1) is 8.09. The molecule has 1 rings (SSSR count). The first kappa shape index (κ1) is 13.5. The van der Waals surface area contributed by atoms with Gasteiger partial charge in [-0.2, -0.15) is 0 Å². The molecule has 0 heterocycles. The highest BCUT2D eigenvalue weighted by molar-refractivity contribution is 5.72. The van der Waals surface area contributed by atoms with Crippen molar-refractivity contribution in [2.24, 2.45) is 0 Å². The summed E-state index contributed by atoms with van der Waals surface area (Å²) in [6.45, 7) is 1.44. The lowest BCUT2D eigenvalue weighted by atomic mass is 10.2. The fourth-order valence-electron chi connectivity index (χ4n) is 1.31. The van der Waals surface area contributed by atoms with Gasteiger partial charge in [-0.1, -0.05) is 30.3 Å². The van der Waals surface area contributed by atoms with Crippen molar-refractivity contribution in [1.82, 2.24) is 15.3 Å². The Kier molecular flexibility index (Phi) is 5.45. The van der Waals surface area contributed by atoms with Crippen LogP contribution >= 0.6 is 0 Å². The largest absolute Gasteiger partial charge is 0.341 e. The van der Waals surface area contributed by atoms with E-state index in [4.69, 9.17) is 0 Å². The SMILES string of the molecule is CN(C)CCNC(=O)N(O)Cc1ccccc1. The average molecular weight is 237 g/mol. The maximum absolute atomic E-state index is 11.5. The van der Waals surface area contributed by atoms with E-state index in [0.717, 1.165) is 12.1 Å². The number of hydrogen-bond acceptors (Lipinski definition) is 3. The molecule has 2 N–H and O–H groups in total. The summed E-state index contributed by atoms with van der Waals surface area (Å²) in [5.41, 5.74) is 0.887.